The summed E-state index contributed by atoms with van der Waals surface area (Å²) in [7, 11) is 1.80. The van der Waals surface area contributed by atoms with Crippen molar-refractivity contribution in [3.63, 3.8) is 0 Å². The zero-order valence-electron chi connectivity index (χ0n) is 12.7. The number of carbonyl (C=O) groups excluding carboxylic acids is 1. The highest BCUT2D eigenvalue weighted by Gasteiger charge is 2.30. The van der Waals surface area contributed by atoms with E-state index in [4.69, 9.17) is 0 Å². The van der Waals surface area contributed by atoms with Crippen molar-refractivity contribution >= 4 is 22.9 Å². The third kappa shape index (κ3) is 4.80. The number of thiophene rings is 1. The van der Waals surface area contributed by atoms with Crippen molar-refractivity contribution in [3.05, 3.63) is 52.2 Å². The van der Waals surface area contributed by atoms with Gasteiger partial charge in [-0.2, -0.15) is 24.5 Å². The number of hydrogen-bond acceptors (Lipinski definition) is 3. The fraction of sp³-hybridized carbons (Fsp3) is 0.312. The van der Waals surface area contributed by atoms with Crippen LogP contribution in [-0.2, 0) is 17.5 Å². The van der Waals surface area contributed by atoms with Crippen molar-refractivity contribution in [1.82, 2.24) is 4.90 Å². The minimum atomic E-state index is -4.43. The highest BCUT2D eigenvalue weighted by Crippen LogP contribution is 2.30. The Bertz CT molecular complexity index is 656. The summed E-state index contributed by atoms with van der Waals surface area (Å²) in [4.78, 5) is 14.1. The van der Waals surface area contributed by atoms with Crippen molar-refractivity contribution in [3.8, 4) is 0 Å². The van der Waals surface area contributed by atoms with Crippen LogP contribution >= 0.6 is 11.3 Å². The Hall–Kier alpha value is -1.86. The molecule has 3 nitrogen and oxygen atoms in total. The Morgan fingerprint density at radius 3 is 2.70 bits per heavy atom. The third-order valence-electron chi connectivity index (χ3n) is 3.51. The lowest BCUT2D eigenvalue weighted by molar-refractivity contribution is -0.137. The van der Waals surface area contributed by atoms with Crippen molar-refractivity contribution in [2.45, 2.75) is 25.7 Å². The van der Waals surface area contributed by atoms with Gasteiger partial charge in [-0.1, -0.05) is 6.07 Å². The summed E-state index contributed by atoms with van der Waals surface area (Å²) >= 11 is 1.57. The third-order valence-corrected chi connectivity index (χ3v) is 4.24. The number of rotatable bonds is 5. The molecule has 1 aromatic heterocycles. The summed E-state index contributed by atoms with van der Waals surface area (Å²) in [5.74, 6) is -0.345. The van der Waals surface area contributed by atoms with Crippen LogP contribution in [0, 0.1) is 0 Å². The predicted octanol–water partition coefficient (Wildman–Crippen LogP) is 4.23. The van der Waals surface area contributed by atoms with E-state index in [0.29, 0.717) is 6.54 Å². The summed E-state index contributed by atoms with van der Waals surface area (Å²) in [5.41, 5.74) is 0.450. The van der Waals surface area contributed by atoms with Gasteiger partial charge in [-0.05, 0) is 54.6 Å². The number of anilines is 1. The topological polar surface area (TPSA) is 32.3 Å². The monoisotopic (exact) mass is 342 g/mol. The Balaban J connectivity index is 2.00. The number of carbonyl (C=O) groups is 1. The number of alkyl halides is 3. The van der Waals surface area contributed by atoms with Crippen LogP contribution in [0.1, 0.15) is 18.1 Å². The first-order valence-electron chi connectivity index (χ1n) is 6.97. The van der Waals surface area contributed by atoms with E-state index in [1.807, 2.05) is 21.7 Å². The zero-order valence-corrected chi connectivity index (χ0v) is 13.5. The first-order valence-corrected chi connectivity index (χ1v) is 7.91. The number of benzene rings is 1. The predicted molar refractivity (Wildman–Crippen MR) is 85.3 cm³/mol. The Morgan fingerprint density at radius 1 is 1.35 bits per heavy atom. The Morgan fingerprint density at radius 2 is 2.09 bits per heavy atom. The van der Waals surface area contributed by atoms with Gasteiger partial charge in [-0.25, -0.2) is 0 Å². The molecule has 0 spiro atoms. The van der Waals surface area contributed by atoms with Gasteiger partial charge < -0.3 is 5.32 Å². The van der Waals surface area contributed by atoms with Crippen LogP contribution in [0.2, 0.25) is 0 Å². The second-order valence-electron chi connectivity index (χ2n) is 5.29. The quantitative estimate of drug-likeness (QED) is 0.882. The SMILES string of the molecule is CC(C(=O)Nc1cccc(C(F)(F)F)c1)N(C)Cc1ccsc1. The van der Waals surface area contributed by atoms with Crippen molar-refractivity contribution in [2.75, 3.05) is 12.4 Å². The number of hydrogen-bond donors (Lipinski definition) is 1. The molecule has 1 amide bonds. The largest absolute Gasteiger partial charge is 0.416 e. The molecule has 7 heteroatoms. The van der Waals surface area contributed by atoms with Gasteiger partial charge in [0.2, 0.25) is 5.91 Å². The fourth-order valence-electron chi connectivity index (χ4n) is 2.03. The van der Waals surface area contributed by atoms with Crippen LogP contribution in [0.4, 0.5) is 18.9 Å². The van der Waals surface area contributed by atoms with E-state index in [1.165, 1.54) is 12.1 Å². The summed E-state index contributed by atoms with van der Waals surface area (Å²) in [5, 5.41) is 6.49. The number of nitrogens with one attached hydrogen (secondary N) is 1. The number of halogens is 3. The lowest BCUT2D eigenvalue weighted by Gasteiger charge is -2.23. The molecule has 0 saturated carbocycles. The molecule has 2 rings (SSSR count). The molecule has 1 N–H and O–H groups in total. The van der Waals surface area contributed by atoms with Crippen molar-refractivity contribution in [2.24, 2.45) is 0 Å². The first-order chi connectivity index (χ1) is 10.8. The highest BCUT2D eigenvalue weighted by atomic mass is 32.1. The molecule has 1 aromatic carbocycles. The van der Waals surface area contributed by atoms with E-state index in [2.05, 4.69) is 5.32 Å². The zero-order chi connectivity index (χ0) is 17.0. The molecule has 0 bridgehead atoms. The molecule has 1 atom stereocenters. The minimum absolute atomic E-state index is 0.139. The standard InChI is InChI=1S/C16H17F3N2OS/c1-11(21(2)9-12-6-7-23-10-12)15(22)20-14-5-3-4-13(8-14)16(17,18)19/h3-8,10-11H,9H2,1-2H3,(H,20,22). The molecule has 124 valence electrons. The smallest absolute Gasteiger partial charge is 0.325 e. The van der Waals surface area contributed by atoms with Crippen LogP contribution in [0.3, 0.4) is 0 Å². The lowest BCUT2D eigenvalue weighted by atomic mass is 10.2. The molecule has 1 unspecified atom stereocenters. The second kappa shape index (κ2) is 7.14. The number of likely N-dealkylation sites (N-methyl/N-ethyl adjacent to an activating group) is 1. The van der Waals surface area contributed by atoms with Gasteiger partial charge in [0.15, 0.2) is 0 Å². The molecule has 0 aliphatic carbocycles. The van der Waals surface area contributed by atoms with Crippen LogP contribution in [0.15, 0.2) is 41.1 Å². The molecule has 0 radical (unpaired) electrons. The van der Waals surface area contributed by atoms with E-state index < -0.39 is 17.8 Å². The second-order valence-corrected chi connectivity index (χ2v) is 6.07. The van der Waals surface area contributed by atoms with E-state index in [0.717, 1.165) is 17.7 Å². The molecule has 0 fully saturated rings. The summed E-state index contributed by atoms with van der Waals surface area (Å²) in [6.07, 6.45) is -4.43. The van der Waals surface area contributed by atoms with Gasteiger partial charge >= 0.3 is 6.18 Å². The molecule has 0 saturated heterocycles. The molecular formula is C16H17F3N2OS. The molecular weight excluding hydrogens is 325 g/mol. The Kier molecular flexibility index (Phi) is 5.43. The number of nitrogens with zero attached hydrogens (tertiary/aromatic N) is 1. The molecule has 23 heavy (non-hydrogen) atoms. The van der Waals surface area contributed by atoms with Gasteiger partial charge in [-0.15, -0.1) is 0 Å². The fourth-order valence-corrected chi connectivity index (χ4v) is 2.69. The normalized spacial score (nSPS) is 13.1. The van der Waals surface area contributed by atoms with E-state index in [-0.39, 0.29) is 11.6 Å². The first kappa shape index (κ1) is 17.5. The number of amides is 1. The van der Waals surface area contributed by atoms with Gasteiger partial charge in [0, 0.05) is 12.2 Å². The van der Waals surface area contributed by atoms with Gasteiger partial charge in [0.05, 0.1) is 11.6 Å². The average Bonchev–Trinajstić information content (AvgIpc) is 2.98. The average molecular weight is 342 g/mol. The summed E-state index contributed by atoms with van der Waals surface area (Å²) in [6, 6.07) is 6.13. The highest BCUT2D eigenvalue weighted by molar-refractivity contribution is 7.07. The van der Waals surface area contributed by atoms with Gasteiger partial charge in [-0.3, -0.25) is 9.69 Å². The Labute approximate surface area is 136 Å². The molecule has 0 aliphatic heterocycles. The van der Waals surface area contributed by atoms with E-state index in [1.54, 1.807) is 25.3 Å². The van der Waals surface area contributed by atoms with Crippen molar-refractivity contribution in [1.29, 1.82) is 0 Å². The van der Waals surface area contributed by atoms with Crippen LogP contribution in [-0.4, -0.2) is 23.9 Å². The van der Waals surface area contributed by atoms with Crippen LogP contribution in [0.25, 0.3) is 0 Å². The van der Waals surface area contributed by atoms with Gasteiger partial charge in [0.25, 0.3) is 0 Å². The maximum absolute atomic E-state index is 12.7. The summed E-state index contributed by atoms with van der Waals surface area (Å²) < 4.78 is 38.1. The minimum Gasteiger partial charge on any atom is -0.325 e. The van der Waals surface area contributed by atoms with Crippen LogP contribution in [0.5, 0.6) is 0 Å². The van der Waals surface area contributed by atoms with Gasteiger partial charge in [0.1, 0.15) is 0 Å². The maximum Gasteiger partial charge on any atom is 0.416 e. The van der Waals surface area contributed by atoms with E-state index >= 15 is 0 Å². The summed E-state index contributed by atoms with van der Waals surface area (Å²) in [6.45, 7) is 2.32. The maximum atomic E-state index is 12.7. The molecule has 0 aliphatic rings. The van der Waals surface area contributed by atoms with Crippen molar-refractivity contribution < 1.29 is 18.0 Å². The molecule has 1 heterocycles. The van der Waals surface area contributed by atoms with Crippen LogP contribution < -0.4 is 5.32 Å². The molecule has 2 aromatic rings. The van der Waals surface area contributed by atoms with E-state index in [9.17, 15) is 18.0 Å². The lowest BCUT2D eigenvalue weighted by Crippen LogP contribution is -2.39.